The highest BCUT2D eigenvalue weighted by Gasteiger charge is 2.32. The van der Waals surface area contributed by atoms with Crippen molar-refractivity contribution in [1.29, 1.82) is 0 Å². The number of sulfone groups is 1. The van der Waals surface area contributed by atoms with Crippen molar-refractivity contribution in [2.75, 3.05) is 48.5 Å². The minimum absolute atomic E-state index is 0.122. The summed E-state index contributed by atoms with van der Waals surface area (Å²) in [6.07, 6.45) is 3.44. The molecule has 27 heavy (non-hydrogen) atoms. The van der Waals surface area contributed by atoms with E-state index in [1.807, 2.05) is 0 Å². The molecule has 3 heterocycles. The standard InChI is InChI=1S/C16H26N6O4S/c1-3-26-16(23)22-7-4-12(5-8-22)18-14-10-17-20-15(19-14)21(2)13-6-9-27(24,25)11-13/h10,12-13H,3-9,11H2,1-2H3,(H,18,19,20). The summed E-state index contributed by atoms with van der Waals surface area (Å²) in [5.41, 5.74) is 0. The van der Waals surface area contributed by atoms with Crippen molar-refractivity contribution in [3.8, 4) is 0 Å². The van der Waals surface area contributed by atoms with Gasteiger partial charge in [0.1, 0.15) is 0 Å². The first-order chi connectivity index (χ1) is 12.9. The Morgan fingerprint density at radius 2 is 2.11 bits per heavy atom. The summed E-state index contributed by atoms with van der Waals surface area (Å²) in [6, 6.07) is 0.0530. The number of aromatic nitrogens is 3. The maximum absolute atomic E-state index is 11.8. The number of hydrogen-bond acceptors (Lipinski definition) is 9. The summed E-state index contributed by atoms with van der Waals surface area (Å²) in [6.45, 7) is 3.43. The summed E-state index contributed by atoms with van der Waals surface area (Å²) in [5.74, 6) is 1.33. The smallest absolute Gasteiger partial charge is 0.409 e. The fraction of sp³-hybridized carbons (Fsp3) is 0.750. The lowest BCUT2D eigenvalue weighted by molar-refractivity contribution is 0.0983. The van der Waals surface area contributed by atoms with Crippen molar-refractivity contribution in [3.63, 3.8) is 0 Å². The van der Waals surface area contributed by atoms with Gasteiger partial charge in [-0.1, -0.05) is 0 Å². The van der Waals surface area contributed by atoms with Crippen LogP contribution in [0.25, 0.3) is 0 Å². The predicted octanol–water partition coefficient (Wildman–Crippen LogP) is 0.528. The van der Waals surface area contributed by atoms with E-state index >= 15 is 0 Å². The summed E-state index contributed by atoms with van der Waals surface area (Å²) in [4.78, 5) is 19.7. The van der Waals surface area contributed by atoms with Crippen LogP contribution in [0.15, 0.2) is 6.20 Å². The number of rotatable bonds is 5. The first-order valence-corrected chi connectivity index (χ1v) is 11.0. The third kappa shape index (κ3) is 4.96. The van der Waals surface area contributed by atoms with Crippen molar-refractivity contribution in [2.24, 2.45) is 0 Å². The third-order valence-corrected chi connectivity index (χ3v) is 6.74. The zero-order valence-electron chi connectivity index (χ0n) is 15.7. The molecule has 1 aromatic rings. The molecule has 3 rings (SSSR count). The Bertz CT molecular complexity index is 766. The molecule has 0 aliphatic carbocycles. The van der Waals surface area contributed by atoms with E-state index in [0.717, 1.165) is 12.8 Å². The molecular formula is C16H26N6O4S. The van der Waals surface area contributed by atoms with Crippen molar-refractivity contribution < 1.29 is 17.9 Å². The van der Waals surface area contributed by atoms with Gasteiger partial charge >= 0.3 is 6.09 Å². The lowest BCUT2D eigenvalue weighted by Crippen LogP contribution is -2.42. The van der Waals surface area contributed by atoms with E-state index in [2.05, 4.69) is 20.5 Å². The Morgan fingerprint density at radius 3 is 2.74 bits per heavy atom. The average Bonchev–Trinajstić information content (AvgIpc) is 3.02. The molecule has 150 valence electrons. The molecule has 2 aliphatic rings. The molecular weight excluding hydrogens is 372 g/mol. The van der Waals surface area contributed by atoms with Crippen LogP contribution in [-0.2, 0) is 14.6 Å². The fourth-order valence-electron chi connectivity index (χ4n) is 3.39. The van der Waals surface area contributed by atoms with Gasteiger partial charge in [-0.2, -0.15) is 10.1 Å². The zero-order chi connectivity index (χ0) is 19.4. The first-order valence-electron chi connectivity index (χ1n) is 9.19. The van der Waals surface area contributed by atoms with E-state index in [0.29, 0.717) is 37.9 Å². The van der Waals surface area contributed by atoms with E-state index in [4.69, 9.17) is 4.74 Å². The molecule has 0 aromatic carbocycles. The number of hydrogen-bond donors (Lipinski definition) is 1. The molecule has 1 aromatic heterocycles. The van der Waals surface area contributed by atoms with Crippen LogP contribution in [0.3, 0.4) is 0 Å². The van der Waals surface area contributed by atoms with Crippen LogP contribution in [0.5, 0.6) is 0 Å². The molecule has 0 saturated carbocycles. The molecule has 1 atom stereocenters. The number of amides is 1. The highest BCUT2D eigenvalue weighted by molar-refractivity contribution is 7.91. The topological polar surface area (TPSA) is 118 Å². The molecule has 0 radical (unpaired) electrons. The summed E-state index contributed by atoms with van der Waals surface area (Å²) in [7, 11) is -1.18. The van der Waals surface area contributed by atoms with Gasteiger partial charge in [0.15, 0.2) is 15.7 Å². The quantitative estimate of drug-likeness (QED) is 0.757. The van der Waals surface area contributed by atoms with E-state index in [-0.39, 0.29) is 29.7 Å². The SMILES string of the molecule is CCOC(=O)N1CCC(Nc2cnnc(N(C)C3CCS(=O)(=O)C3)n2)CC1. The Labute approximate surface area is 159 Å². The minimum Gasteiger partial charge on any atom is -0.450 e. The predicted molar refractivity (Wildman–Crippen MR) is 101 cm³/mol. The Hall–Kier alpha value is -2.17. The summed E-state index contributed by atoms with van der Waals surface area (Å²) in [5, 5.41) is 11.4. The molecule has 1 unspecified atom stereocenters. The zero-order valence-corrected chi connectivity index (χ0v) is 16.5. The van der Waals surface area contributed by atoms with Gasteiger partial charge in [-0.15, -0.1) is 5.10 Å². The van der Waals surface area contributed by atoms with Crippen molar-refractivity contribution in [2.45, 2.75) is 38.3 Å². The van der Waals surface area contributed by atoms with Crippen LogP contribution in [0, 0.1) is 0 Å². The van der Waals surface area contributed by atoms with Gasteiger partial charge in [-0.25, -0.2) is 13.2 Å². The van der Waals surface area contributed by atoms with E-state index in [9.17, 15) is 13.2 Å². The number of likely N-dealkylation sites (tertiary alicyclic amines) is 1. The Morgan fingerprint density at radius 1 is 1.37 bits per heavy atom. The van der Waals surface area contributed by atoms with Gasteiger partial charge in [0, 0.05) is 32.2 Å². The highest BCUT2D eigenvalue weighted by atomic mass is 32.2. The van der Waals surface area contributed by atoms with Crippen LogP contribution >= 0.6 is 0 Å². The maximum atomic E-state index is 11.8. The lowest BCUT2D eigenvalue weighted by Gasteiger charge is -2.32. The number of piperidine rings is 1. The Balaban J connectivity index is 1.56. The van der Waals surface area contributed by atoms with E-state index in [1.165, 1.54) is 0 Å². The molecule has 1 N–H and O–H groups in total. The van der Waals surface area contributed by atoms with Crippen LogP contribution in [0.4, 0.5) is 16.6 Å². The normalized spacial score (nSPS) is 22.4. The molecule has 0 spiro atoms. The van der Waals surface area contributed by atoms with Crippen LogP contribution in [-0.4, -0.2) is 84.9 Å². The van der Waals surface area contributed by atoms with E-state index < -0.39 is 9.84 Å². The van der Waals surface area contributed by atoms with Gasteiger partial charge in [0.25, 0.3) is 0 Å². The molecule has 10 nitrogen and oxygen atoms in total. The van der Waals surface area contributed by atoms with Gasteiger partial charge in [0.2, 0.25) is 5.95 Å². The number of anilines is 2. The largest absolute Gasteiger partial charge is 0.450 e. The highest BCUT2D eigenvalue weighted by Crippen LogP contribution is 2.21. The van der Waals surface area contributed by atoms with E-state index in [1.54, 1.807) is 30.0 Å². The van der Waals surface area contributed by atoms with Crippen LogP contribution < -0.4 is 10.2 Å². The number of nitrogens with zero attached hydrogens (tertiary/aromatic N) is 5. The van der Waals surface area contributed by atoms with Crippen LogP contribution in [0.2, 0.25) is 0 Å². The van der Waals surface area contributed by atoms with Crippen molar-refractivity contribution in [3.05, 3.63) is 6.20 Å². The number of carbonyl (C=O) groups is 1. The van der Waals surface area contributed by atoms with Crippen molar-refractivity contribution in [1.82, 2.24) is 20.1 Å². The molecule has 2 fully saturated rings. The average molecular weight is 398 g/mol. The monoisotopic (exact) mass is 398 g/mol. The molecule has 2 aliphatic heterocycles. The summed E-state index contributed by atoms with van der Waals surface area (Å²) < 4.78 is 28.4. The second-order valence-electron chi connectivity index (χ2n) is 6.91. The second kappa shape index (κ2) is 8.24. The molecule has 11 heteroatoms. The van der Waals surface area contributed by atoms with Gasteiger partial charge in [0.05, 0.1) is 24.3 Å². The van der Waals surface area contributed by atoms with Crippen LogP contribution in [0.1, 0.15) is 26.2 Å². The van der Waals surface area contributed by atoms with Gasteiger partial charge in [-0.3, -0.25) is 0 Å². The molecule has 0 bridgehead atoms. The van der Waals surface area contributed by atoms with Gasteiger partial charge < -0.3 is 19.9 Å². The minimum atomic E-state index is -2.97. The summed E-state index contributed by atoms with van der Waals surface area (Å²) >= 11 is 0. The maximum Gasteiger partial charge on any atom is 0.409 e. The Kier molecular flexibility index (Phi) is 5.98. The first kappa shape index (κ1) is 19.6. The second-order valence-corrected chi connectivity index (χ2v) is 9.14. The molecule has 1 amide bonds. The fourth-order valence-corrected chi connectivity index (χ4v) is 5.16. The molecule has 2 saturated heterocycles. The number of carbonyl (C=O) groups excluding carboxylic acids is 1. The number of nitrogens with one attached hydrogen (secondary N) is 1. The van der Waals surface area contributed by atoms with Crippen molar-refractivity contribution >= 4 is 27.7 Å². The lowest BCUT2D eigenvalue weighted by atomic mass is 10.1. The third-order valence-electron chi connectivity index (χ3n) is 4.99. The number of ether oxygens (including phenoxy) is 1. The van der Waals surface area contributed by atoms with Gasteiger partial charge in [-0.05, 0) is 26.2 Å².